The molecule has 1 saturated heterocycles. The molecule has 0 aromatic carbocycles. The van der Waals surface area contributed by atoms with Crippen molar-refractivity contribution >= 4 is 17.3 Å². The van der Waals surface area contributed by atoms with Crippen LogP contribution in [0.2, 0.25) is 0 Å². The van der Waals surface area contributed by atoms with E-state index in [4.69, 9.17) is 0 Å². The number of nitrogens with zero attached hydrogens (tertiary/aromatic N) is 3. The van der Waals surface area contributed by atoms with Crippen LogP contribution in [0.3, 0.4) is 0 Å². The van der Waals surface area contributed by atoms with E-state index in [-0.39, 0.29) is 0 Å². The van der Waals surface area contributed by atoms with Gasteiger partial charge >= 0.3 is 0 Å². The van der Waals surface area contributed by atoms with Crippen LogP contribution in [0.4, 0.5) is 0 Å². The normalized spacial score (nSPS) is 19.8. The highest BCUT2D eigenvalue weighted by molar-refractivity contribution is 7.11. The Kier molecular flexibility index (Phi) is 7.82. The summed E-state index contributed by atoms with van der Waals surface area (Å²) in [5, 5.41) is 7.96. The number of aryl methyl sites for hydroxylation is 1. The van der Waals surface area contributed by atoms with E-state index in [2.05, 4.69) is 39.4 Å². The van der Waals surface area contributed by atoms with Crippen LogP contribution in [-0.4, -0.2) is 55.1 Å². The van der Waals surface area contributed by atoms with Crippen molar-refractivity contribution in [1.29, 1.82) is 0 Å². The maximum absolute atomic E-state index is 4.39. The van der Waals surface area contributed by atoms with Gasteiger partial charge in [-0.25, -0.2) is 4.98 Å². The second kappa shape index (κ2) is 9.88. The largest absolute Gasteiger partial charge is 0.356 e. The van der Waals surface area contributed by atoms with Gasteiger partial charge in [0.2, 0.25) is 0 Å². The van der Waals surface area contributed by atoms with Crippen LogP contribution in [0.5, 0.6) is 0 Å². The standard InChI is InChI=1S/C17H31N5S/c1-14-7-4-5-11-22(14)12-6-9-19-17(18-3)20-10-8-16-21-13-15(2)23-16/h13-14H,4-12H2,1-3H3,(H2,18,19,20). The third-order valence-electron chi connectivity index (χ3n) is 4.38. The second-order valence-corrected chi connectivity index (χ2v) is 7.59. The number of nitrogens with one attached hydrogen (secondary N) is 2. The van der Waals surface area contributed by atoms with Crippen molar-refractivity contribution in [3.8, 4) is 0 Å². The molecular formula is C17H31N5S. The minimum atomic E-state index is 0.753. The van der Waals surface area contributed by atoms with E-state index >= 15 is 0 Å². The third kappa shape index (κ3) is 6.47. The second-order valence-electron chi connectivity index (χ2n) is 6.27. The van der Waals surface area contributed by atoms with Crippen molar-refractivity contribution in [2.75, 3.05) is 33.2 Å². The smallest absolute Gasteiger partial charge is 0.190 e. The first kappa shape index (κ1) is 18.2. The van der Waals surface area contributed by atoms with Gasteiger partial charge in [0.05, 0.1) is 5.01 Å². The summed E-state index contributed by atoms with van der Waals surface area (Å²) in [4.78, 5) is 12.6. The number of hydrogen-bond acceptors (Lipinski definition) is 4. The van der Waals surface area contributed by atoms with Crippen LogP contribution in [-0.2, 0) is 6.42 Å². The summed E-state index contributed by atoms with van der Waals surface area (Å²) >= 11 is 1.77. The predicted octanol–water partition coefficient (Wildman–Crippen LogP) is 2.42. The molecule has 1 aromatic heterocycles. The topological polar surface area (TPSA) is 52.6 Å². The lowest BCUT2D eigenvalue weighted by Gasteiger charge is -2.33. The fraction of sp³-hybridized carbons (Fsp3) is 0.765. The molecule has 0 amide bonds. The molecule has 0 saturated carbocycles. The van der Waals surface area contributed by atoms with Crippen LogP contribution < -0.4 is 10.6 Å². The molecule has 0 spiro atoms. The summed E-state index contributed by atoms with van der Waals surface area (Å²) in [5.74, 6) is 0.893. The fourth-order valence-electron chi connectivity index (χ4n) is 3.00. The molecule has 1 aromatic rings. The number of aliphatic imine (C=N–C) groups is 1. The molecule has 1 aliphatic heterocycles. The number of likely N-dealkylation sites (tertiary alicyclic amines) is 1. The number of aromatic nitrogens is 1. The molecule has 0 aliphatic carbocycles. The van der Waals surface area contributed by atoms with Gasteiger partial charge in [-0.05, 0) is 39.7 Å². The Morgan fingerprint density at radius 2 is 2.22 bits per heavy atom. The van der Waals surface area contributed by atoms with Gasteiger partial charge in [-0.1, -0.05) is 6.42 Å². The fourth-order valence-corrected chi connectivity index (χ4v) is 3.79. The summed E-state index contributed by atoms with van der Waals surface area (Å²) in [5.41, 5.74) is 0. The van der Waals surface area contributed by atoms with Crippen LogP contribution >= 0.6 is 11.3 Å². The van der Waals surface area contributed by atoms with E-state index in [0.717, 1.165) is 37.9 Å². The average molecular weight is 338 g/mol. The lowest BCUT2D eigenvalue weighted by Crippen LogP contribution is -2.41. The highest BCUT2D eigenvalue weighted by Crippen LogP contribution is 2.16. The zero-order valence-corrected chi connectivity index (χ0v) is 15.6. The molecular weight excluding hydrogens is 306 g/mol. The van der Waals surface area contributed by atoms with Crippen molar-refractivity contribution in [3.05, 3.63) is 16.1 Å². The maximum Gasteiger partial charge on any atom is 0.190 e. The lowest BCUT2D eigenvalue weighted by molar-refractivity contribution is 0.159. The number of thiazole rings is 1. The Bertz CT molecular complexity index is 485. The van der Waals surface area contributed by atoms with Crippen molar-refractivity contribution in [1.82, 2.24) is 20.5 Å². The molecule has 130 valence electrons. The van der Waals surface area contributed by atoms with Crippen molar-refractivity contribution in [2.45, 2.75) is 52.0 Å². The predicted molar refractivity (Wildman–Crippen MR) is 99.4 cm³/mol. The first-order valence-electron chi connectivity index (χ1n) is 8.79. The van der Waals surface area contributed by atoms with E-state index in [0.29, 0.717) is 0 Å². The summed E-state index contributed by atoms with van der Waals surface area (Å²) < 4.78 is 0. The highest BCUT2D eigenvalue weighted by atomic mass is 32.1. The van der Waals surface area contributed by atoms with E-state index < -0.39 is 0 Å². The van der Waals surface area contributed by atoms with Gasteiger partial charge in [0.25, 0.3) is 0 Å². The van der Waals surface area contributed by atoms with Gasteiger partial charge in [0, 0.05) is 50.2 Å². The Labute approximate surface area is 144 Å². The summed E-state index contributed by atoms with van der Waals surface area (Å²) in [6, 6.07) is 0.753. The average Bonchev–Trinajstić information content (AvgIpc) is 2.96. The molecule has 0 radical (unpaired) electrons. The van der Waals surface area contributed by atoms with Crippen molar-refractivity contribution in [3.63, 3.8) is 0 Å². The Morgan fingerprint density at radius 3 is 2.91 bits per heavy atom. The van der Waals surface area contributed by atoms with Gasteiger partial charge in [-0.3, -0.25) is 4.99 Å². The van der Waals surface area contributed by atoms with Gasteiger partial charge in [0.15, 0.2) is 5.96 Å². The molecule has 1 aliphatic rings. The van der Waals surface area contributed by atoms with E-state index in [9.17, 15) is 0 Å². The zero-order chi connectivity index (χ0) is 16.5. The molecule has 1 unspecified atom stereocenters. The molecule has 0 bridgehead atoms. The quantitative estimate of drug-likeness (QED) is 0.456. The van der Waals surface area contributed by atoms with Gasteiger partial charge in [-0.2, -0.15) is 0 Å². The Morgan fingerprint density at radius 1 is 1.39 bits per heavy atom. The van der Waals surface area contributed by atoms with Gasteiger partial charge < -0.3 is 15.5 Å². The van der Waals surface area contributed by atoms with Crippen LogP contribution in [0, 0.1) is 6.92 Å². The molecule has 23 heavy (non-hydrogen) atoms. The SMILES string of the molecule is CN=C(NCCCN1CCCCC1C)NCCc1ncc(C)s1. The van der Waals surface area contributed by atoms with Gasteiger partial charge in [-0.15, -0.1) is 11.3 Å². The number of piperidine rings is 1. The number of hydrogen-bond donors (Lipinski definition) is 2. The molecule has 2 N–H and O–H groups in total. The van der Waals surface area contributed by atoms with E-state index in [1.165, 1.54) is 42.2 Å². The van der Waals surface area contributed by atoms with Crippen LogP contribution in [0.15, 0.2) is 11.2 Å². The first-order chi connectivity index (χ1) is 11.2. The van der Waals surface area contributed by atoms with Crippen LogP contribution in [0.1, 0.15) is 42.5 Å². The molecule has 5 nitrogen and oxygen atoms in total. The minimum Gasteiger partial charge on any atom is -0.356 e. The van der Waals surface area contributed by atoms with Crippen molar-refractivity contribution < 1.29 is 0 Å². The molecule has 1 fully saturated rings. The Hall–Kier alpha value is -1.14. The first-order valence-corrected chi connectivity index (χ1v) is 9.60. The lowest BCUT2D eigenvalue weighted by atomic mass is 10.0. The molecule has 1 atom stereocenters. The van der Waals surface area contributed by atoms with Gasteiger partial charge in [0.1, 0.15) is 0 Å². The van der Waals surface area contributed by atoms with Crippen molar-refractivity contribution in [2.24, 2.45) is 4.99 Å². The highest BCUT2D eigenvalue weighted by Gasteiger charge is 2.17. The molecule has 2 heterocycles. The third-order valence-corrected chi connectivity index (χ3v) is 5.35. The van der Waals surface area contributed by atoms with E-state index in [1.807, 2.05) is 13.2 Å². The summed E-state index contributed by atoms with van der Waals surface area (Å²) in [7, 11) is 1.83. The summed E-state index contributed by atoms with van der Waals surface area (Å²) in [6.45, 7) is 8.74. The zero-order valence-electron chi connectivity index (χ0n) is 14.8. The minimum absolute atomic E-state index is 0.753. The maximum atomic E-state index is 4.39. The monoisotopic (exact) mass is 337 g/mol. The Balaban J connectivity index is 1.57. The number of guanidine groups is 1. The summed E-state index contributed by atoms with van der Waals surface area (Å²) in [6.07, 6.45) is 8.16. The van der Waals surface area contributed by atoms with E-state index in [1.54, 1.807) is 11.3 Å². The number of rotatable bonds is 7. The van der Waals surface area contributed by atoms with Crippen LogP contribution in [0.25, 0.3) is 0 Å². The molecule has 6 heteroatoms. The molecule has 2 rings (SSSR count).